The number of aromatic nitrogens is 2. The molecule has 1 aromatic rings. The molecular formula is C11H19N3. The van der Waals surface area contributed by atoms with Gasteiger partial charge in [0.05, 0.1) is 5.69 Å². The van der Waals surface area contributed by atoms with Gasteiger partial charge in [-0.2, -0.15) is 0 Å². The molecule has 0 saturated carbocycles. The van der Waals surface area contributed by atoms with Crippen LogP contribution in [-0.4, -0.2) is 9.55 Å². The molecule has 2 rings (SSSR count). The van der Waals surface area contributed by atoms with E-state index in [2.05, 4.69) is 23.4 Å². The van der Waals surface area contributed by atoms with Crippen molar-refractivity contribution in [1.82, 2.24) is 9.55 Å². The summed E-state index contributed by atoms with van der Waals surface area (Å²) in [7, 11) is 0. The second-order valence-electron chi connectivity index (χ2n) is 4.22. The van der Waals surface area contributed by atoms with Crippen LogP contribution >= 0.6 is 0 Å². The molecule has 0 radical (unpaired) electrons. The number of anilines is 1. The average Bonchev–Trinajstić information content (AvgIpc) is 2.56. The number of hydrogen-bond donors (Lipinski definition) is 1. The Morgan fingerprint density at radius 2 is 2.29 bits per heavy atom. The zero-order chi connectivity index (χ0) is 10.1. The summed E-state index contributed by atoms with van der Waals surface area (Å²) in [5.74, 6) is 2.60. The van der Waals surface area contributed by atoms with Gasteiger partial charge in [0.15, 0.2) is 0 Å². The topological polar surface area (TPSA) is 43.8 Å². The fourth-order valence-corrected chi connectivity index (χ4v) is 2.08. The lowest BCUT2D eigenvalue weighted by Crippen LogP contribution is -2.12. The molecule has 2 N–H and O–H groups in total. The summed E-state index contributed by atoms with van der Waals surface area (Å²) in [6.45, 7) is 5.44. The monoisotopic (exact) mass is 193 g/mol. The first-order chi connectivity index (χ1) is 6.74. The van der Waals surface area contributed by atoms with Crippen LogP contribution in [-0.2, 0) is 13.0 Å². The van der Waals surface area contributed by atoms with Gasteiger partial charge in [-0.15, -0.1) is 0 Å². The molecule has 1 aliphatic heterocycles. The van der Waals surface area contributed by atoms with Gasteiger partial charge < -0.3 is 10.3 Å². The molecule has 1 atom stereocenters. The van der Waals surface area contributed by atoms with Gasteiger partial charge >= 0.3 is 0 Å². The Kier molecular flexibility index (Phi) is 2.48. The van der Waals surface area contributed by atoms with Crippen molar-refractivity contribution in [3.05, 3.63) is 11.5 Å². The van der Waals surface area contributed by atoms with Crippen molar-refractivity contribution in [1.29, 1.82) is 0 Å². The fourth-order valence-electron chi connectivity index (χ4n) is 2.08. The Labute approximate surface area is 85.3 Å². The van der Waals surface area contributed by atoms with Crippen molar-refractivity contribution in [3.63, 3.8) is 0 Å². The molecule has 0 aromatic carbocycles. The second kappa shape index (κ2) is 3.64. The molecule has 2 heterocycles. The Bertz CT molecular complexity index is 328. The third kappa shape index (κ3) is 1.41. The number of rotatable bonds is 2. The Morgan fingerprint density at radius 1 is 1.50 bits per heavy atom. The molecule has 78 valence electrons. The number of aryl methyl sites for hydroxylation is 1. The maximum atomic E-state index is 6.10. The summed E-state index contributed by atoms with van der Waals surface area (Å²) in [6.07, 6.45) is 4.71. The molecule has 0 spiro atoms. The summed E-state index contributed by atoms with van der Waals surface area (Å²) in [5.41, 5.74) is 7.22. The van der Waals surface area contributed by atoms with Gasteiger partial charge in [0, 0.05) is 18.9 Å². The Balaban J connectivity index is 2.38. The number of fused-ring (bicyclic) bond motifs is 1. The zero-order valence-corrected chi connectivity index (χ0v) is 9.08. The van der Waals surface area contributed by atoms with E-state index in [0.717, 1.165) is 30.9 Å². The third-order valence-electron chi connectivity index (χ3n) is 3.23. The van der Waals surface area contributed by atoms with Crippen molar-refractivity contribution in [3.8, 4) is 0 Å². The van der Waals surface area contributed by atoms with Crippen molar-refractivity contribution in [2.24, 2.45) is 0 Å². The van der Waals surface area contributed by atoms with Crippen LogP contribution in [0.4, 0.5) is 5.82 Å². The zero-order valence-electron chi connectivity index (χ0n) is 9.08. The van der Waals surface area contributed by atoms with E-state index in [1.54, 1.807) is 0 Å². The average molecular weight is 193 g/mol. The molecule has 14 heavy (non-hydrogen) atoms. The summed E-state index contributed by atoms with van der Waals surface area (Å²) in [6, 6.07) is 0. The van der Waals surface area contributed by atoms with Crippen LogP contribution in [0.1, 0.15) is 50.5 Å². The van der Waals surface area contributed by atoms with Crippen LogP contribution in [0.3, 0.4) is 0 Å². The minimum Gasteiger partial charge on any atom is -0.384 e. The third-order valence-corrected chi connectivity index (χ3v) is 3.23. The fraction of sp³-hybridized carbons (Fsp3) is 0.727. The van der Waals surface area contributed by atoms with Crippen LogP contribution in [0.5, 0.6) is 0 Å². The number of nitrogens with two attached hydrogens (primary N) is 1. The molecule has 0 fully saturated rings. The van der Waals surface area contributed by atoms with Gasteiger partial charge in [-0.1, -0.05) is 13.8 Å². The van der Waals surface area contributed by atoms with Crippen LogP contribution in [0.25, 0.3) is 0 Å². The number of nitrogens with zero attached hydrogens (tertiary/aromatic N) is 2. The number of hydrogen-bond acceptors (Lipinski definition) is 2. The van der Waals surface area contributed by atoms with E-state index in [-0.39, 0.29) is 0 Å². The van der Waals surface area contributed by atoms with E-state index in [4.69, 9.17) is 5.73 Å². The lowest BCUT2D eigenvalue weighted by atomic mass is 10.1. The quantitative estimate of drug-likeness (QED) is 0.783. The highest BCUT2D eigenvalue weighted by atomic mass is 15.1. The maximum absolute atomic E-state index is 6.10. The van der Waals surface area contributed by atoms with Gasteiger partial charge in [-0.25, -0.2) is 4.98 Å². The van der Waals surface area contributed by atoms with Gasteiger partial charge in [-0.3, -0.25) is 0 Å². The van der Waals surface area contributed by atoms with Gasteiger partial charge in [0.2, 0.25) is 0 Å². The summed E-state index contributed by atoms with van der Waals surface area (Å²) < 4.78 is 2.20. The maximum Gasteiger partial charge on any atom is 0.127 e. The lowest BCUT2D eigenvalue weighted by molar-refractivity contribution is 0.527. The largest absolute Gasteiger partial charge is 0.384 e. The number of imidazole rings is 1. The smallest absolute Gasteiger partial charge is 0.127 e. The van der Waals surface area contributed by atoms with Gasteiger partial charge in [0.25, 0.3) is 0 Å². The molecule has 0 bridgehead atoms. The molecule has 3 nitrogen and oxygen atoms in total. The molecule has 3 heteroatoms. The van der Waals surface area contributed by atoms with E-state index < -0.39 is 0 Å². The second-order valence-corrected chi connectivity index (χ2v) is 4.22. The predicted octanol–water partition coefficient (Wildman–Crippen LogP) is 2.32. The molecule has 0 amide bonds. The van der Waals surface area contributed by atoms with Gasteiger partial charge in [-0.05, 0) is 19.3 Å². The van der Waals surface area contributed by atoms with Gasteiger partial charge in [0.1, 0.15) is 11.6 Å². The normalized spacial score (nSPS) is 17.9. The first-order valence-corrected chi connectivity index (χ1v) is 5.58. The van der Waals surface area contributed by atoms with E-state index in [1.807, 2.05) is 0 Å². The van der Waals surface area contributed by atoms with E-state index in [9.17, 15) is 0 Å². The Hall–Kier alpha value is -0.990. The molecule has 0 saturated heterocycles. The first kappa shape index (κ1) is 9.56. The van der Waals surface area contributed by atoms with Crippen LogP contribution < -0.4 is 5.73 Å². The minimum absolute atomic E-state index is 0.494. The summed E-state index contributed by atoms with van der Waals surface area (Å²) in [4.78, 5) is 4.66. The molecular weight excluding hydrogens is 174 g/mol. The molecule has 0 aliphatic carbocycles. The van der Waals surface area contributed by atoms with E-state index in [1.165, 1.54) is 18.7 Å². The highest BCUT2D eigenvalue weighted by Crippen LogP contribution is 2.28. The summed E-state index contributed by atoms with van der Waals surface area (Å²) >= 11 is 0. The van der Waals surface area contributed by atoms with Crippen LogP contribution in [0.2, 0.25) is 0 Å². The van der Waals surface area contributed by atoms with Crippen LogP contribution in [0, 0.1) is 0 Å². The SMILES string of the molecule is CCC(C)c1nc2n(c1N)CCCC2. The predicted molar refractivity (Wildman–Crippen MR) is 58.3 cm³/mol. The molecule has 1 aliphatic rings. The van der Waals surface area contributed by atoms with Crippen molar-refractivity contribution in [2.75, 3.05) is 5.73 Å². The molecule has 1 aromatic heterocycles. The molecule has 1 unspecified atom stereocenters. The minimum atomic E-state index is 0.494. The van der Waals surface area contributed by atoms with Crippen LogP contribution in [0.15, 0.2) is 0 Å². The van der Waals surface area contributed by atoms with Crippen molar-refractivity contribution in [2.45, 2.75) is 52.0 Å². The Morgan fingerprint density at radius 3 is 2.93 bits per heavy atom. The first-order valence-electron chi connectivity index (χ1n) is 5.58. The van der Waals surface area contributed by atoms with E-state index in [0.29, 0.717) is 5.92 Å². The number of nitrogen functional groups attached to an aromatic ring is 1. The standard InChI is InChI=1S/C11H19N3/c1-3-8(2)10-11(12)14-7-5-4-6-9(14)13-10/h8H,3-7,12H2,1-2H3. The highest BCUT2D eigenvalue weighted by Gasteiger charge is 2.19. The van der Waals surface area contributed by atoms with E-state index >= 15 is 0 Å². The lowest BCUT2D eigenvalue weighted by Gasteiger charge is -2.14. The van der Waals surface area contributed by atoms with Crippen molar-refractivity contribution >= 4 is 5.82 Å². The summed E-state index contributed by atoms with van der Waals surface area (Å²) in [5, 5.41) is 0. The highest BCUT2D eigenvalue weighted by molar-refractivity contribution is 5.40. The van der Waals surface area contributed by atoms with Crippen molar-refractivity contribution < 1.29 is 0 Å².